The molecule has 0 aliphatic carbocycles. The van der Waals surface area contributed by atoms with Crippen molar-refractivity contribution in [3.63, 3.8) is 0 Å². The van der Waals surface area contributed by atoms with Crippen molar-refractivity contribution in [2.75, 3.05) is 25.6 Å². The SMILES string of the molecule is CCN(CC)[SH](C)C. The van der Waals surface area contributed by atoms with Gasteiger partial charge in [-0.05, 0) is 12.5 Å². The number of hydrogen-bond donors (Lipinski definition) is 1. The van der Waals surface area contributed by atoms with Crippen molar-refractivity contribution < 1.29 is 0 Å². The molecule has 1 nitrogen and oxygen atoms in total. The van der Waals surface area contributed by atoms with E-state index in [-0.39, 0.29) is 11.1 Å². The Morgan fingerprint density at radius 1 is 1.12 bits per heavy atom. The van der Waals surface area contributed by atoms with E-state index in [1.807, 2.05) is 0 Å². The largest absolute Gasteiger partial charge is 0.271 e. The molecule has 0 aliphatic heterocycles. The number of nitrogens with zero attached hydrogens (tertiary/aromatic N) is 1. The second-order valence-corrected chi connectivity index (χ2v) is 4.25. The van der Waals surface area contributed by atoms with Crippen LogP contribution in [0.15, 0.2) is 0 Å². The summed E-state index contributed by atoms with van der Waals surface area (Å²) in [6, 6.07) is 0. The lowest BCUT2D eigenvalue weighted by Gasteiger charge is -2.25. The average molecular weight is 135 g/mol. The minimum atomic E-state index is 0.169. The van der Waals surface area contributed by atoms with E-state index in [9.17, 15) is 0 Å². The van der Waals surface area contributed by atoms with Crippen LogP contribution in [-0.2, 0) is 0 Å². The molecule has 0 spiro atoms. The lowest BCUT2D eigenvalue weighted by atomic mass is 10.7. The van der Waals surface area contributed by atoms with Crippen molar-refractivity contribution in [1.82, 2.24) is 4.31 Å². The smallest absolute Gasteiger partial charge is 0.00429 e. The summed E-state index contributed by atoms with van der Waals surface area (Å²) in [5.74, 6) is 0. The summed E-state index contributed by atoms with van der Waals surface area (Å²) < 4.78 is 2.48. The fraction of sp³-hybridized carbons (Fsp3) is 1.00. The molecule has 0 saturated carbocycles. The summed E-state index contributed by atoms with van der Waals surface area (Å²) in [4.78, 5) is 0. The van der Waals surface area contributed by atoms with E-state index < -0.39 is 0 Å². The van der Waals surface area contributed by atoms with E-state index in [2.05, 4.69) is 30.7 Å². The van der Waals surface area contributed by atoms with Crippen LogP contribution < -0.4 is 0 Å². The molecule has 8 heavy (non-hydrogen) atoms. The van der Waals surface area contributed by atoms with Gasteiger partial charge in [0.1, 0.15) is 0 Å². The molecule has 0 radical (unpaired) electrons. The summed E-state index contributed by atoms with van der Waals surface area (Å²) in [5, 5.41) is 0. The lowest BCUT2D eigenvalue weighted by Crippen LogP contribution is -2.17. The third-order valence-electron chi connectivity index (χ3n) is 1.30. The quantitative estimate of drug-likeness (QED) is 0.574. The van der Waals surface area contributed by atoms with E-state index in [0.717, 1.165) is 0 Å². The Balaban J connectivity index is 3.35. The van der Waals surface area contributed by atoms with Crippen LogP contribution in [0.3, 0.4) is 0 Å². The average Bonchev–Trinajstić information content (AvgIpc) is 1.69. The summed E-state index contributed by atoms with van der Waals surface area (Å²) in [6.45, 7) is 6.84. The van der Waals surface area contributed by atoms with E-state index >= 15 is 0 Å². The van der Waals surface area contributed by atoms with Gasteiger partial charge in [-0.1, -0.05) is 13.8 Å². The summed E-state index contributed by atoms with van der Waals surface area (Å²) >= 11 is 0.169. The van der Waals surface area contributed by atoms with Gasteiger partial charge in [-0.15, -0.1) is 0 Å². The normalized spacial score (nSPS) is 12.4. The minimum Gasteiger partial charge on any atom is -0.271 e. The first-order chi connectivity index (χ1) is 3.72. The third kappa shape index (κ3) is 2.58. The van der Waals surface area contributed by atoms with Gasteiger partial charge >= 0.3 is 0 Å². The molecule has 2 heteroatoms. The van der Waals surface area contributed by atoms with Crippen LogP contribution in [0.1, 0.15) is 13.8 Å². The zero-order valence-electron chi connectivity index (χ0n) is 6.31. The highest BCUT2D eigenvalue weighted by Gasteiger charge is 1.97. The molecule has 0 unspecified atom stereocenters. The topological polar surface area (TPSA) is 3.24 Å². The Morgan fingerprint density at radius 2 is 1.50 bits per heavy atom. The third-order valence-corrected chi connectivity index (χ3v) is 2.99. The molecule has 0 atom stereocenters. The zero-order valence-corrected chi connectivity index (χ0v) is 7.20. The predicted molar refractivity (Wildman–Crippen MR) is 43.8 cm³/mol. The van der Waals surface area contributed by atoms with Gasteiger partial charge in [0.25, 0.3) is 0 Å². The first kappa shape index (κ1) is 8.31. The molecule has 0 aromatic heterocycles. The van der Waals surface area contributed by atoms with Crippen molar-refractivity contribution >= 4 is 11.1 Å². The maximum Gasteiger partial charge on any atom is 0.00429 e. The van der Waals surface area contributed by atoms with Crippen LogP contribution in [0.4, 0.5) is 0 Å². The Hall–Kier alpha value is 0.310. The van der Waals surface area contributed by atoms with E-state index in [1.54, 1.807) is 0 Å². The summed E-state index contributed by atoms with van der Waals surface area (Å²) in [6.07, 6.45) is 4.59. The molecular weight excluding hydrogens is 118 g/mol. The molecule has 0 N–H and O–H groups in total. The molecule has 0 amide bonds. The molecule has 0 rings (SSSR count). The van der Waals surface area contributed by atoms with Crippen LogP contribution in [0.5, 0.6) is 0 Å². The molecular formula is C6H17NS. The van der Waals surface area contributed by atoms with Gasteiger partial charge in [0.15, 0.2) is 0 Å². The van der Waals surface area contributed by atoms with Crippen LogP contribution in [-0.4, -0.2) is 29.9 Å². The molecule has 0 aromatic rings. The first-order valence-electron chi connectivity index (χ1n) is 3.14. The predicted octanol–water partition coefficient (Wildman–Crippen LogP) is 1.50. The fourth-order valence-electron chi connectivity index (χ4n) is 0.789. The van der Waals surface area contributed by atoms with Gasteiger partial charge in [-0.2, -0.15) is 0 Å². The highest BCUT2D eigenvalue weighted by Crippen LogP contribution is 2.18. The lowest BCUT2D eigenvalue weighted by molar-refractivity contribution is 0.521. The van der Waals surface area contributed by atoms with E-state index in [1.165, 1.54) is 13.1 Å². The Bertz CT molecular complexity index is 50.5. The van der Waals surface area contributed by atoms with Gasteiger partial charge in [0.2, 0.25) is 0 Å². The molecule has 52 valence electrons. The van der Waals surface area contributed by atoms with Crippen molar-refractivity contribution in [2.45, 2.75) is 13.8 Å². The first-order valence-corrected chi connectivity index (χ1v) is 5.33. The molecule has 0 aromatic carbocycles. The Morgan fingerprint density at radius 3 is 1.50 bits per heavy atom. The molecule has 0 saturated heterocycles. The van der Waals surface area contributed by atoms with Crippen LogP contribution in [0, 0.1) is 0 Å². The van der Waals surface area contributed by atoms with Crippen LogP contribution >= 0.6 is 11.1 Å². The van der Waals surface area contributed by atoms with Gasteiger partial charge < -0.3 is 0 Å². The minimum absolute atomic E-state index is 0.169. The van der Waals surface area contributed by atoms with Gasteiger partial charge in [0, 0.05) is 13.1 Å². The van der Waals surface area contributed by atoms with Crippen molar-refractivity contribution in [3.8, 4) is 0 Å². The number of thiol groups is 1. The Labute approximate surface area is 55.6 Å². The fourth-order valence-corrected chi connectivity index (χ4v) is 1.92. The Kier molecular flexibility index (Phi) is 4.38. The second-order valence-electron chi connectivity index (χ2n) is 1.99. The summed E-state index contributed by atoms with van der Waals surface area (Å²) in [7, 11) is 0. The molecule has 0 aliphatic rings. The van der Waals surface area contributed by atoms with Crippen molar-refractivity contribution in [1.29, 1.82) is 0 Å². The molecule has 0 heterocycles. The van der Waals surface area contributed by atoms with Crippen molar-refractivity contribution in [3.05, 3.63) is 0 Å². The highest BCUT2D eigenvalue weighted by molar-refractivity contribution is 8.13. The van der Waals surface area contributed by atoms with Gasteiger partial charge in [-0.3, -0.25) is 4.31 Å². The highest BCUT2D eigenvalue weighted by atomic mass is 32.2. The van der Waals surface area contributed by atoms with E-state index in [4.69, 9.17) is 0 Å². The number of hydrogen-bond acceptors (Lipinski definition) is 1. The maximum atomic E-state index is 2.48. The van der Waals surface area contributed by atoms with Gasteiger partial charge in [-0.25, -0.2) is 11.1 Å². The zero-order chi connectivity index (χ0) is 6.57. The molecule has 0 fully saturated rings. The van der Waals surface area contributed by atoms with E-state index in [0.29, 0.717) is 0 Å². The second kappa shape index (κ2) is 4.21. The standard InChI is InChI=1S/C6H17NS/c1-5-7(6-2)8(3)4/h8H,5-6H2,1-4H3. The van der Waals surface area contributed by atoms with Gasteiger partial charge in [0.05, 0.1) is 0 Å². The van der Waals surface area contributed by atoms with Crippen molar-refractivity contribution in [2.24, 2.45) is 0 Å². The van der Waals surface area contributed by atoms with Crippen LogP contribution in [0.2, 0.25) is 0 Å². The summed E-state index contributed by atoms with van der Waals surface area (Å²) in [5.41, 5.74) is 0. The number of rotatable bonds is 3. The monoisotopic (exact) mass is 135 g/mol. The maximum absolute atomic E-state index is 2.48. The van der Waals surface area contributed by atoms with Crippen LogP contribution in [0.25, 0.3) is 0 Å². The molecule has 0 bridgehead atoms.